The summed E-state index contributed by atoms with van der Waals surface area (Å²) in [5, 5.41) is 17.5. The van der Waals surface area contributed by atoms with Crippen LogP contribution in [-0.4, -0.2) is 26.7 Å². The maximum Gasteiger partial charge on any atom is 0.0830 e. The highest BCUT2D eigenvalue weighted by atomic mass is 16.3. The smallest absolute Gasteiger partial charge is 0.0830 e. The first-order valence-electron chi connectivity index (χ1n) is 6.19. The predicted octanol–water partition coefficient (Wildman–Crippen LogP) is 1.52. The third kappa shape index (κ3) is 3.17. The van der Waals surface area contributed by atoms with Crippen LogP contribution in [0.2, 0.25) is 0 Å². The molecule has 1 aromatic heterocycles. The van der Waals surface area contributed by atoms with E-state index in [0.717, 1.165) is 18.5 Å². The van der Waals surface area contributed by atoms with Crippen molar-refractivity contribution in [2.75, 3.05) is 6.61 Å². The summed E-state index contributed by atoms with van der Waals surface area (Å²) in [5.74, 6) is 0.197. The molecule has 0 spiro atoms. The Labute approximate surface area is 107 Å². The van der Waals surface area contributed by atoms with Gasteiger partial charge in [0.1, 0.15) is 0 Å². The van der Waals surface area contributed by atoms with Crippen molar-refractivity contribution in [3.05, 3.63) is 47.3 Å². The quantitative estimate of drug-likeness (QED) is 0.869. The summed E-state index contributed by atoms with van der Waals surface area (Å²) < 4.78 is 1.69. The molecule has 0 fully saturated rings. The molecule has 4 heteroatoms. The van der Waals surface area contributed by atoms with E-state index in [1.807, 2.05) is 25.4 Å². The van der Waals surface area contributed by atoms with Gasteiger partial charge >= 0.3 is 0 Å². The Bertz CT molecular complexity index is 507. The normalized spacial score (nSPS) is 12.6. The average molecular weight is 245 g/mol. The van der Waals surface area contributed by atoms with E-state index in [-0.39, 0.29) is 12.5 Å². The van der Waals surface area contributed by atoms with Crippen LogP contribution in [0.3, 0.4) is 0 Å². The first kappa shape index (κ1) is 12.8. The minimum absolute atomic E-state index is 0.172. The summed E-state index contributed by atoms with van der Waals surface area (Å²) in [4.78, 5) is 0. The minimum Gasteiger partial charge on any atom is -0.396 e. The van der Waals surface area contributed by atoms with E-state index in [0.29, 0.717) is 0 Å². The Hall–Kier alpha value is -1.68. The Morgan fingerprint density at radius 1 is 1.28 bits per heavy atom. The second-order valence-corrected chi connectivity index (χ2v) is 4.77. The van der Waals surface area contributed by atoms with Crippen LogP contribution < -0.4 is 0 Å². The molecule has 0 aliphatic rings. The van der Waals surface area contributed by atoms with E-state index >= 15 is 0 Å². The topological polar surface area (TPSA) is 50.9 Å². The lowest BCUT2D eigenvalue weighted by molar-refractivity contribution is 0.224. The largest absolute Gasteiger partial charge is 0.396 e. The number of aromatic nitrogens is 3. The van der Waals surface area contributed by atoms with Gasteiger partial charge in [0.2, 0.25) is 0 Å². The third-order valence-electron chi connectivity index (χ3n) is 3.18. The van der Waals surface area contributed by atoms with Crippen molar-refractivity contribution in [2.24, 2.45) is 13.0 Å². The maximum absolute atomic E-state index is 9.49. The molecule has 0 aliphatic heterocycles. The van der Waals surface area contributed by atoms with Gasteiger partial charge in [-0.25, -0.2) is 0 Å². The van der Waals surface area contributed by atoms with E-state index < -0.39 is 0 Å². The molecule has 1 heterocycles. The van der Waals surface area contributed by atoms with Gasteiger partial charge < -0.3 is 5.11 Å². The zero-order chi connectivity index (χ0) is 13.0. The maximum atomic E-state index is 9.49. The van der Waals surface area contributed by atoms with Gasteiger partial charge in [0.15, 0.2) is 0 Å². The summed E-state index contributed by atoms with van der Waals surface area (Å²) in [7, 11) is 1.85. The Morgan fingerprint density at radius 3 is 2.67 bits per heavy atom. The Balaban J connectivity index is 2.04. The van der Waals surface area contributed by atoms with E-state index in [2.05, 4.69) is 29.4 Å². The fourth-order valence-electron chi connectivity index (χ4n) is 2.14. The van der Waals surface area contributed by atoms with Crippen LogP contribution in [0.25, 0.3) is 0 Å². The van der Waals surface area contributed by atoms with Crippen LogP contribution in [-0.2, 0) is 19.9 Å². The van der Waals surface area contributed by atoms with Gasteiger partial charge in [0, 0.05) is 19.9 Å². The molecule has 1 atom stereocenters. The molecule has 0 bridgehead atoms. The number of nitrogens with zero attached hydrogens (tertiary/aromatic N) is 3. The molecule has 0 amide bonds. The highest BCUT2D eigenvalue weighted by Gasteiger charge is 2.12. The molecule has 1 N–H and O–H groups in total. The average Bonchev–Trinajstić information content (AvgIpc) is 2.76. The first-order chi connectivity index (χ1) is 8.69. The summed E-state index contributed by atoms with van der Waals surface area (Å²) in [6.07, 6.45) is 3.54. The van der Waals surface area contributed by atoms with Gasteiger partial charge in [0.25, 0.3) is 0 Å². The molecule has 2 aromatic rings. The molecule has 18 heavy (non-hydrogen) atoms. The molecule has 0 saturated carbocycles. The first-order valence-corrected chi connectivity index (χ1v) is 6.19. The molecule has 0 radical (unpaired) electrons. The van der Waals surface area contributed by atoms with E-state index in [9.17, 15) is 5.11 Å². The second kappa shape index (κ2) is 5.78. The number of rotatable bonds is 5. The Kier molecular flexibility index (Phi) is 4.10. The number of hydrogen-bond donors (Lipinski definition) is 1. The lowest BCUT2D eigenvalue weighted by Crippen LogP contribution is -2.14. The second-order valence-electron chi connectivity index (χ2n) is 4.77. The highest BCUT2D eigenvalue weighted by molar-refractivity contribution is 5.26. The summed E-state index contributed by atoms with van der Waals surface area (Å²) in [6, 6.07) is 8.30. The fraction of sp³-hybridized carbons (Fsp3) is 0.429. The summed E-state index contributed by atoms with van der Waals surface area (Å²) in [5.41, 5.74) is 3.50. The molecule has 0 aliphatic carbocycles. The minimum atomic E-state index is 0.172. The van der Waals surface area contributed by atoms with Crippen molar-refractivity contribution >= 4 is 0 Å². The van der Waals surface area contributed by atoms with E-state index in [4.69, 9.17) is 0 Å². The van der Waals surface area contributed by atoms with Crippen LogP contribution in [0.1, 0.15) is 16.8 Å². The lowest BCUT2D eigenvalue weighted by Gasteiger charge is -2.14. The van der Waals surface area contributed by atoms with Gasteiger partial charge in [-0.1, -0.05) is 29.5 Å². The molecular formula is C14H19N3O. The summed E-state index contributed by atoms with van der Waals surface area (Å²) >= 11 is 0. The number of aliphatic hydroxyl groups excluding tert-OH is 1. The van der Waals surface area contributed by atoms with Crippen LogP contribution in [0, 0.1) is 12.8 Å². The van der Waals surface area contributed by atoms with Gasteiger partial charge in [-0.3, -0.25) is 4.68 Å². The zero-order valence-electron chi connectivity index (χ0n) is 10.9. The van der Waals surface area contributed by atoms with Crippen molar-refractivity contribution in [2.45, 2.75) is 19.8 Å². The monoisotopic (exact) mass is 245 g/mol. The Morgan fingerprint density at radius 2 is 2.06 bits per heavy atom. The van der Waals surface area contributed by atoms with Gasteiger partial charge in [-0.05, 0) is 36.8 Å². The highest BCUT2D eigenvalue weighted by Crippen LogP contribution is 2.16. The molecule has 4 nitrogen and oxygen atoms in total. The van der Waals surface area contributed by atoms with Gasteiger partial charge in [-0.2, -0.15) is 0 Å². The summed E-state index contributed by atoms with van der Waals surface area (Å²) in [6.45, 7) is 2.27. The van der Waals surface area contributed by atoms with Crippen molar-refractivity contribution in [3.63, 3.8) is 0 Å². The number of aryl methyl sites for hydroxylation is 2. The molecule has 1 aromatic carbocycles. The molecule has 0 saturated heterocycles. The molecular weight excluding hydrogens is 226 g/mol. The standard InChI is InChI=1S/C14H19N3O/c1-11-5-3-4-6-13(11)7-12(10-18)8-14-9-17(2)16-15-14/h3-6,9,12,18H,7-8,10H2,1-2H3. The van der Waals surface area contributed by atoms with Crippen molar-refractivity contribution < 1.29 is 5.11 Å². The van der Waals surface area contributed by atoms with Crippen LogP contribution >= 0.6 is 0 Å². The number of aliphatic hydroxyl groups is 1. The molecule has 96 valence electrons. The zero-order valence-corrected chi connectivity index (χ0v) is 10.9. The van der Waals surface area contributed by atoms with E-state index in [1.54, 1.807) is 4.68 Å². The van der Waals surface area contributed by atoms with Crippen LogP contribution in [0.5, 0.6) is 0 Å². The van der Waals surface area contributed by atoms with Crippen molar-refractivity contribution in [3.8, 4) is 0 Å². The van der Waals surface area contributed by atoms with E-state index in [1.165, 1.54) is 11.1 Å². The van der Waals surface area contributed by atoms with Gasteiger partial charge in [-0.15, -0.1) is 5.10 Å². The van der Waals surface area contributed by atoms with Crippen LogP contribution in [0.15, 0.2) is 30.5 Å². The molecule has 1 unspecified atom stereocenters. The fourth-order valence-corrected chi connectivity index (χ4v) is 2.14. The molecule has 2 rings (SSSR count). The van der Waals surface area contributed by atoms with Crippen molar-refractivity contribution in [1.29, 1.82) is 0 Å². The number of benzene rings is 1. The van der Waals surface area contributed by atoms with Crippen LogP contribution in [0.4, 0.5) is 0 Å². The number of hydrogen-bond acceptors (Lipinski definition) is 3. The lowest BCUT2D eigenvalue weighted by atomic mass is 9.93. The SMILES string of the molecule is Cc1ccccc1CC(CO)Cc1cn(C)nn1. The van der Waals surface area contributed by atoms with Gasteiger partial charge in [0.05, 0.1) is 5.69 Å². The van der Waals surface area contributed by atoms with Crippen molar-refractivity contribution in [1.82, 2.24) is 15.0 Å². The third-order valence-corrected chi connectivity index (χ3v) is 3.18. The predicted molar refractivity (Wildman–Crippen MR) is 70.2 cm³/mol.